The van der Waals surface area contributed by atoms with Gasteiger partial charge in [-0.2, -0.15) is 0 Å². The summed E-state index contributed by atoms with van der Waals surface area (Å²) < 4.78 is 0. The van der Waals surface area contributed by atoms with Crippen molar-refractivity contribution in [3.8, 4) is 0 Å². The number of nitrogens with one attached hydrogen (secondary N) is 1. The smallest absolute Gasteiger partial charge is 0.0673 e. The van der Waals surface area contributed by atoms with Crippen LogP contribution in [0.3, 0.4) is 0 Å². The molecular weight excluding hydrogens is 226 g/mol. The van der Waals surface area contributed by atoms with Crippen LogP contribution in [0.5, 0.6) is 0 Å². The molecule has 1 aromatic carbocycles. The molecule has 1 N–H and O–H groups in total. The first-order valence-corrected chi connectivity index (χ1v) is 7.03. The molecule has 0 saturated carbocycles. The number of hydrogen-bond donors (Lipinski definition) is 1. The molecule has 1 unspecified atom stereocenters. The first-order valence-electron chi connectivity index (χ1n) is 6.15. The molecule has 0 aliphatic rings. The van der Waals surface area contributed by atoms with E-state index in [1.807, 2.05) is 11.3 Å². The zero-order valence-corrected chi connectivity index (χ0v) is 11.3. The Balaban J connectivity index is 2.30. The fourth-order valence-electron chi connectivity index (χ4n) is 2.02. The van der Waals surface area contributed by atoms with Gasteiger partial charge in [-0.25, -0.2) is 0 Å². The van der Waals surface area contributed by atoms with E-state index in [0.717, 1.165) is 13.0 Å². The average Bonchev–Trinajstić information content (AvgIpc) is 2.85. The number of benzene rings is 1. The van der Waals surface area contributed by atoms with Gasteiger partial charge in [-0.3, -0.25) is 0 Å². The second-order valence-corrected chi connectivity index (χ2v) is 5.24. The van der Waals surface area contributed by atoms with Crippen LogP contribution >= 0.6 is 11.3 Å². The summed E-state index contributed by atoms with van der Waals surface area (Å²) in [6.07, 6.45) is 1.16. The maximum absolute atomic E-state index is 3.64. The normalized spacial score (nSPS) is 12.6. The highest BCUT2D eigenvalue weighted by atomic mass is 32.1. The first kappa shape index (κ1) is 12.3. The van der Waals surface area contributed by atoms with E-state index in [1.165, 1.54) is 16.0 Å². The van der Waals surface area contributed by atoms with Crippen LogP contribution < -0.4 is 5.32 Å². The minimum atomic E-state index is 0.344. The lowest BCUT2D eigenvalue weighted by molar-refractivity contribution is 0.603. The summed E-state index contributed by atoms with van der Waals surface area (Å²) in [6.45, 7) is 5.44. The predicted molar refractivity (Wildman–Crippen MR) is 75.6 cm³/mol. The number of hydrogen-bond acceptors (Lipinski definition) is 2. The molecule has 90 valence electrons. The van der Waals surface area contributed by atoms with Gasteiger partial charge in [-0.15, -0.1) is 11.3 Å². The van der Waals surface area contributed by atoms with E-state index in [2.05, 4.69) is 60.9 Å². The SMILES string of the molecule is CCCNC(c1cccs1)c1ccccc1C. The Morgan fingerprint density at radius 3 is 2.65 bits per heavy atom. The molecular formula is C15H19NS. The number of rotatable bonds is 5. The zero-order valence-electron chi connectivity index (χ0n) is 10.4. The van der Waals surface area contributed by atoms with Crippen molar-refractivity contribution in [3.63, 3.8) is 0 Å². The van der Waals surface area contributed by atoms with Crippen LogP contribution in [0.25, 0.3) is 0 Å². The van der Waals surface area contributed by atoms with Crippen molar-refractivity contribution < 1.29 is 0 Å². The van der Waals surface area contributed by atoms with Crippen molar-refractivity contribution in [2.24, 2.45) is 0 Å². The van der Waals surface area contributed by atoms with Crippen LogP contribution in [-0.4, -0.2) is 6.54 Å². The quantitative estimate of drug-likeness (QED) is 0.834. The number of thiophene rings is 1. The van der Waals surface area contributed by atoms with E-state index < -0.39 is 0 Å². The van der Waals surface area contributed by atoms with Gasteiger partial charge in [0, 0.05) is 4.88 Å². The molecule has 1 heterocycles. The lowest BCUT2D eigenvalue weighted by Gasteiger charge is -2.19. The minimum absolute atomic E-state index is 0.344. The molecule has 0 radical (unpaired) electrons. The van der Waals surface area contributed by atoms with Gasteiger partial charge in [-0.1, -0.05) is 37.3 Å². The molecule has 0 aliphatic carbocycles. The Morgan fingerprint density at radius 1 is 1.18 bits per heavy atom. The monoisotopic (exact) mass is 245 g/mol. The fourth-order valence-corrected chi connectivity index (χ4v) is 2.84. The third-order valence-electron chi connectivity index (χ3n) is 2.93. The third kappa shape index (κ3) is 2.96. The minimum Gasteiger partial charge on any atom is -0.306 e. The van der Waals surface area contributed by atoms with Crippen molar-refractivity contribution in [2.45, 2.75) is 26.3 Å². The van der Waals surface area contributed by atoms with E-state index in [0.29, 0.717) is 6.04 Å². The highest BCUT2D eigenvalue weighted by Crippen LogP contribution is 2.27. The van der Waals surface area contributed by atoms with Gasteiger partial charge in [-0.05, 0) is 42.5 Å². The summed E-state index contributed by atoms with van der Waals surface area (Å²) in [7, 11) is 0. The Morgan fingerprint density at radius 2 is 2.00 bits per heavy atom. The molecule has 0 saturated heterocycles. The molecule has 0 aliphatic heterocycles. The maximum Gasteiger partial charge on any atom is 0.0673 e. The summed E-state index contributed by atoms with van der Waals surface area (Å²) in [5.74, 6) is 0. The highest BCUT2D eigenvalue weighted by molar-refractivity contribution is 7.10. The molecule has 0 bridgehead atoms. The van der Waals surface area contributed by atoms with E-state index in [1.54, 1.807) is 0 Å². The van der Waals surface area contributed by atoms with Gasteiger partial charge in [0.05, 0.1) is 6.04 Å². The predicted octanol–water partition coefficient (Wildman–Crippen LogP) is 4.15. The fraction of sp³-hybridized carbons (Fsp3) is 0.333. The maximum atomic E-state index is 3.64. The second-order valence-electron chi connectivity index (χ2n) is 4.26. The van der Waals surface area contributed by atoms with E-state index in [9.17, 15) is 0 Å². The summed E-state index contributed by atoms with van der Waals surface area (Å²) in [5, 5.41) is 5.79. The first-order chi connectivity index (χ1) is 8.33. The van der Waals surface area contributed by atoms with Gasteiger partial charge >= 0.3 is 0 Å². The van der Waals surface area contributed by atoms with Crippen LogP contribution in [0.15, 0.2) is 41.8 Å². The molecule has 17 heavy (non-hydrogen) atoms. The highest BCUT2D eigenvalue weighted by Gasteiger charge is 2.15. The van der Waals surface area contributed by atoms with Crippen LogP contribution in [0.4, 0.5) is 0 Å². The number of aryl methyl sites for hydroxylation is 1. The second kappa shape index (κ2) is 5.99. The Kier molecular flexibility index (Phi) is 4.35. The van der Waals surface area contributed by atoms with Gasteiger partial charge in [0.2, 0.25) is 0 Å². The van der Waals surface area contributed by atoms with Crippen molar-refractivity contribution in [3.05, 3.63) is 57.8 Å². The molecule has 1 aromatic heterocycles. The van der Waals surface area contributed by atoms with E-state index in [4.69, 9.17) is 0 Å². The standard InChI is InChI=1S/C15H19NS/c1-3-10-16-15(14-9-6-11-17-14)13-8-5-4-7-12(13)2/h4-9,11,15-16H,3,10H2,1-2H3. The van der Waals surface area contributed by atoms with Crippen molar-refractivity contribution in [2.75, 3.05) is 6.54 Å². The zero-order chi connectivity index (χ0) is 12.1. The molecule has 2 rings (SSSR count). The van der Waals surface area contributed by atoms with Crippen molar-refractivity contribution in [1.82, 2.24) is 5.32 Å². The summed E-state index contributed by atoms with van der Waals surface area (Å²) >= 11 is 1.82. The van der Waals surface area contributed by atoms with Crippen LogP contribution in [0, 0.1) is 6.92 Å². The molecule has 0 spiro atoms. The van der Waals surface area contributed by atoms with Gasteiger partial charge < -0.3 is 5.32 Å². The largest absolute Gasteiger partial charge is 0.306 e. The molecule has 2 aromatic rings. The van der Waals surface area contributed by atoms with Gasteiger partial charge in [0.1, 0.15) is 0 Å². The molecule has 2 heteroatoms. The van der Waals surface area contributed by atoms with Crippen molar-refractivity contribution >= 4 is 11.3 Å². The molecule has 1 atom stereocenters. The molecule has 0 fully saturated rings. The van der Waals surface area contributed by atoms with Gasteiger partial charge in [0.25, 0.3) is 0 Å². The average molecular weight is 245 g/mol. The molecule has 1 nitrogen and oxygen atoms in total. The van der Waals surface area contributed by atoms with E-state index in [-0.39, 0.29) is 0 Å². The summed E-state index contributed by atoms with van der Waals surface area (Å²) in [5.41, 5.74) is 2.75. The van der Waals surface area contributed by atoms with Crippen LogP contribution in [-0.2, 0) is 0 Å². The lowest BCUT2D eigenvalue weighted by atomic mass is 10.00. The summed E-state index contributed by atoms with van der Waals surface area (Å²) in [6, 6.07) is 13.3. The third-order valence-corrected chi connectivity index (χ3v) is 3.86. The van der Waals surface area contributed by atoms with Gasteiger partial charge in [0.15, 0.2) is 0 Å². The van der Waals surface area contributed by atoms with E-state index >= 15 is 0 Å². The summed E-state index contributed by atoms with van der Waals surface area (Å²) in [4.78, 5) is 1.40. The lowest BCUT2D eigenvalue weighted by Crippen LogP contribution is -2.23. The molecule has 0 amide bonds. The van der Waals surface area contributed by atoms with Crippen LogP contribution in [0.1, 0.15) is 35.4 Å². The Bertz CT molecular complexity index is 448. The topological polar surface area (TPSA) is 12.0 Å². The van der Waals surface area contributed by atoms with Crippen molar-refractivity contribution in [1.29, 1.82) is 0 Å². The Labute approximate surface area is 108 Å². The Hall–Kier alpha value is -1.12. The van der Waals surface area contributed by atoms with Crippen LogP contribution in [0.2, 0.25) is 0 Å².